The van der Waals surface area contributed by atoms with Crippen LogP contribution in [0.5, 0.6) is 0 Å². The molecule has 1 fully saturated rings. The Balaban J connectivity index is 2.09. The summed E-state index contributed by atoms with van der Waals surface area (Å²) in [7, 11) is 0. The third-order valence-corrected chi connectivity index (χ3v) is 4.27. The van der Waals surface area contributed by atoms with Gasteiger partial charge < -0.3 is 10.0 Å². The maximum absolute atomic E-state index is 12.3. The van der Waals surface area contributed by atoms with E-state index < -0.39 is 0 Å². The SMILES string of the molecule is O=C(Cc1c(Cl)cccc1Cl)N(CCO)C1CCC1. The van der Waals surface area contributed by atoms with Crippen molar-refractivity contribution in [1.82, 2.24) is 4.90 Å². The summed E-state index contributed by atoms with van der Waals surface area (Å²) in [6, 6.07) is 5.49. The molecule has 0 heterocycles. The van der Waals surface area contributed by atoms with Crippen molar-refractivity contribution in [2.75, 3.05) is 13.2 Å². The molecule has 0 aliphatic heterocycles. The minimum Gasteiger partial charge on any atom is -0.395 e. The molecule has 0 radical (unpaired) electrons. The molecule has 0 aromatic heterocycles. The van der Waals surface area contributed by atoms with E-state index in [0.717, 1.165) is 19.3 Å². The fourth-order valence-electron chi connectivity index (χ4n) is 2.27. The molecular weight excluding hydrogens is 285 g/mol. The molecule has 1 aromatic carbocycles. The van der Waals surface area contributed by atoms with Gasteiger partial charge in [0.1, 0.15) is 0 Å². The number of hydrogen-bond donors (Lipinski definition) is 1. The second-order valence-corrected chi connectivity index (χ2v) is 5.59. The molecule has 0 unspecified atom stereocenters. The van der Waals surface area contributed by atoms with Gasteiger partial charge in [0.15, 0.2) is 0 Å². The molecule has 1 aromatic rings. The summed E-state index contributed by atoms with van der Waals surface area (Å²) >= 11 is 12.2. The number of nitrogens with zero attached hydrogens (tertiary/aromatic N) is 1. The van der Waals surface area contributed by atoms with Crippen molar-refractivity contribution in [2.24, 2.45) is 0 Å². The fourth-order valence-corrected chi connectivity index (χ4v) is 2.80. The smallest absolute Gasteiger partial charge is 0.227 e. The average molecular weight is 302 g/mol. The van der Waals surface area contributed by atoms with Crippen LogP contribution >= 0.6 is 23.2 Å². The van der Waals surface area contributed by atoms with Gasteiger partial charge in [0, 0.05) is 22.6 Å². The van der Waals surface area contributed by atoms with E-state index in [1.807, 2.05) is 0 Å². The lowest BCUT2D eigenvalue weighted by molar-refractivity contribution is -0.135. The summed E-state index contributed by atoms with van der Waals surface area (Å²) in [4.78, 5) is 14.1. The van der Waals surface area contributed by atoms with Crippen LogP contribution in [0, 0.1) is 0 Å². The Labute approximate surface area is 123 Å². The Morgan fingerprint density at radius 3 is 2.42 bits per heavy atom. The van der Waals surface area contributed by atoms with Crippen LogP contribution in [-0.2, 0) is 11.2 Å². The van der Waals surface area contributed by atoms with E-state index in [2.05, 4.69) is 0 Å². The highest BCUT2D eigenvalue weighted by Crippen LogP contribution is 2.28. The van der Waals surface area contributed by atoms with Gasteiger partial charge in [-0.15, -0.1) is 0 Å². The third-order valence-electron chi connectivity index (χ3n) is 3.57. The molecular formula is C14H17Cl2NO2. The number of benzene rings is 1. The van der Waals surface area contributed by atoms with Crippen LogP contribution in [0.25, 0.3) is 0 Å². The molecule has 0 bridgehead atoms. The first kappa shape index (κ1) is 14.6. The Morgan fingerprint density at radius 1 is 1.32 bits per heavy atom. The van der Waals surface area contributed by atoms with Gasteiger partial charge in [-0.3, -0.25) is 4.79 Å². The largest absolute Gasteiger partial charge is 0.395 e. The van der Waals surface area contributed by atoms with Crippen LogP contribution in [0.2, 0.25) is 10.0 Å². The number of hydrogen-bond acceptors (Lipinski definition) is 2. The van der Waals surface area contributed by atoms with E-state index in [1.165, 1.54) is 0 Å². The first-order chi connectivity index (χ1) is 9.13. The van der Waals surface area contributed by atoms with Crippen LogP contribution < -0.4 is 0 Å². The summed E-state index contributed by atoms with van der Waals surface area (Å²) in [6.45, 7) is 0.365. The molecule has 1 aliphatic carbocycles. The summed E-state index contributed by atoms with van der Waals surface area (Å²) in [6.07, 6.45) is 3.37. The number of aliphatic hydroxyl groups is 1. The van der Waals surface area contributed by atoms with Gasteiger partial charge in [-0.2, -0.15) is 0 Å². The molecule has 0 saturated heterocycles. The van der Waals surface area contributed by atoms with E-state index in [0.29, 0.717) is 22.2 Å². The second-order valence-electron chi connectivity index (χ2n) is 4.77. The van der Waals surface area contributed by atoms with Gasteiger partial charge in [-0.25, -0.2) is 0 Å². The van der Waals surface area contributed by atoms with Gasteiger partial charge in [-0.1, -0.05) is 29.3 Å². The molecule has 1 aliphatic rings. The van der Waals surface area contributed by atoms with Gasteiger partial charge in [0.25, 0.3) is 0 Å². The quantitative estimate of drug-likeness (QED) is 0.908. The van der Waals surface area contributed by atoms with Crippen LogP contribution in [0.3, 0.4) is 0 Å². The van der Waals surface area contributed by atoms with Crippen LogP contribution in [0.15, 0.2) is 18.2 Å². The molecule has 2 rings (SSSR count). The summed E-state index contributed by atoms with van der Waals surface area (Å²) in [5.41, 5.74) is 0.665. The lowest BCUT2D eigenvalue weighted by Gasteiger charge is -2.37. The molecule has 19 heavy (non-hydrogen) atoms. The number of amides is 1. The molecule has 1 amide bonds. The molecule has 5 heteroatoms. The number of carbonyl (C=O) groups is 1. The molecule has 0 atom stereocenters. The summed E-state index contributed by atoms with van der Waals surface area (Å²) in [5.74, 6) is -0.0197. The van der Waals surface area contributed by atoms with E-state index >= 15 is 0 Å². The monoisotopic (exact) mass is 301 g/mol. The predicted molar refractivity (Wildman–Crippen MR) is 76.6 cm³/mol. The maximum Gasteiger partial charge on any atom is 0.227 e. The average Bonchev–Trinajstić information content (AvgIpc) is 2.31. The Bertz CT molecular complexity index is 441. The second kappa shape index (κ2) is 6.60. The molecule has 1 N–H and O–H groups in total. The Hall–Kier alpha value is -0.770. The van der Waals surface area contributed by atoms with Crippen molar-refractivity contribution in [2.45, 2.75) is 31.7 Å². The van der Waals surface area contributed by atoms with Gasteiger partial charge in [0.2, 0.25) is 5.91 Å². The Morgan fingerprint density at radius 2 is 1.95 bits per heavy atom. The van der Waals surface area contributed by atoms with Gasteiger partial charge in [-0.05, 0) is 37.0 Å². The van der Waals surface area contributed by atoms with Crippen molar-refractivity contribution in [1.29, 1.82) is 0 Å². The van der Waals surface area contributed by atoms with E-state index in [1.54, 1.807) is 23.1 Å². The molecule has 104 valence electrons. The highest BCUT2D eigenvalue weighted by Gasteiger charge is 2.28. The van der Waals surface area contributed by atoms with Gasteiger partial charge >= 0.3 is 0 Å². The lowest BCUT2D eigenvalue weighted by Crippen LogP contribution is -2.46. The predicted octanol–water partition coefficient (Wildman–Crippen LogP) is 2.91. The zero-order valence-corrected chi connectivity index (χ0v) is 12.1. The van der Waals surface area contributed by atoms with Crippen LogP contribution in [-0.4, -0.2) is 35.1 Å². The van der Waals surface area contributed by atoms with E-state index in [9.17, 15) is 4.79 Å². The highest BCUT2D eigenvalue weighted by molar-refractivity contribution is 6.36. The van der Waals surface area contributed by atoms with Crippen molar-refractivity contribution < 1.29 is 9.90 Å². The van der Waals surface area contributed by atoms with E-state index in [-0.39, 0.29) is 25.0 Å². The fraction of sp³-hybridized carbons (Fsp3) is 0.500. The van der Waals surface area contributed by atoms with Crippen LogP contribution in [0.1, 0.15) is 24.8 Å². The normalized spacial score (nSPS) is 15.1. The minimum absolute atomic E-state index is 0.0154. The van der Waals surface area contributed by atoms with Crippen molar-refractivity contribution in [3.05, 3.63) is 33.8 Å². The zero-order valence-electron chi connectivity index (χ0n) is 10.6. The minimum atomic E-state index is -0.0197. The van der Waals surface area contributed by atoms with E-state index in [4.69, 9.17) is 28.3 Å². The summed E-state index contributed by atoms with van der Waals surface area (Å²) < 4.78 is 0. The third kappa shape index (κ3) is 3.41. The van der Waals surface area contributed by atoms with Crippen molar-refractivity contribution in [3.8, 4) is 0 Å². The number of aliphatic hydroxyl groups excluding tert-OH is 1. The first-order valence-corrected chi connectivity index (χ1v) is 7.22. The topological polar surface area (TPSA) is 40.5 Å². The lowest BCUT2D eigenvalue weighted by atomic mass is 9.91. The standard InChI is InChI=1S/C14H17Cl2NO2/c15-12-5-2-6-13(16)11(12)9-14(19)17(7-8-18)10-3-1-4-10/h2,5-6,10,18H,1,3-4,7-9H2. The number of rotatable bonds is 5. The van der Waals surface area contributed by atoms with Crippen molar-refractivity contribution in [3.63, 3.8) is 0 Å². The molecule has 3 nitrogen and oxygen atoms in total. The molecule has 0 spiro atoms. The van der Waals surface area contributed by atoms with Crippen molar-refractivity contribution >= 4 is 29.1 Å². The number of halogens is 2. The molecule has 1 saturated carbocycles. The number of carbonyl (C=O) groups excluding carboxylic acids is 1. The first-order valence-electron chi connectivity index (χ1n) is 6.46. The summed E-state index contributed by atoms with van der Waals surface area (Å²) in [5, 5.41) is 10.1. The Kier molecular flexibility index (Phi) is 5.08. The van der Waals surface area contributed by atoms with Crippen LogP contribution in [0.4, 0.5) is 0 Å². The highest BCUT2D eigenvalue weighted by atomic mass is 35.5. The maximum atomic E-state index is 12.3. The van der Waals surface area contributed by atoms with Gasteiger partial charge in [0.05, 0.1) is 13.0 Å². The zero-order chi connectivity index (χ0) is 13.8.